The minimum absolute atomic E-state index is 0.116. The van der Waals surface area contributed by atoms with Crippen LogP contribution in [0.4, 0.5) is 4.39 Å². The monoisotopic (exact) mass is 286 g/mol. The van der Waals surface area contributed by atoms with Gasteiger partial charge in [-0.05, 0) is 24.3 Å². The summed E-state index contributed by atoms with van der Waals surface area (Å²) in [5.41, 5.74) is 5.95. The van der Waals surface area contributed by atoms with Crippen molar-refractivity contribution < 1.29 is 9.13 Å². The van der Waals surface area contributed by atoms with Gasteiger partial charge in [0, 0.05) is 17.1 Å². The Kier molecular flexibility index (Phi) is 4.01. The molecule has 0 saturated heterocycles. The summed E-state index contributed by atoms with van der Waals surface area (Å²) >= 11 is 11.7. The maximum Gasteiger partial charge on any atom is 0.223 e. The van der Waals surface area contributed by atoms with Crippen molar-refractivity contribution in [2.24, 2.45) is 5.73 Å². The van der Waals surface area contributed by atoms with E-state index in [1.165, 1.54) is 6.07 Å². The maximum atomic E-state index is 13.0. The van der Waals surface area contributed by atoms with Crippen LogP contribution >= 0.6 is 23.2 Å². The van der Waals surface area contributed by atoms with E-state index in [1.807, 2.05) is 0 Å². The summed E-state index contributed by atoms with van der Waals surface area (Å²) in [5.74, 6) is 0.142. The molecule has 0 amide bonds. The summed E-state index contributed by atoms with van der Waals surface area (Å²) in [7, 11) is 0. The first-order valence-electron chi connectivity index (χ1n) is 5.07. The third-order valence-electron chi connectivity index (χ3n) is 2.21. The number of hydrogen-bond acceptors (Lipinski definition) is 3. The Balaban J connectivity index is 2.33. The van der Waals surface area contributed by atoms with E-state index in [-0.39, 0.29) is 12.4 Å². The Morgan fingerprint density at radius 2 is 2.06 bits per heavy atom. The molecule has 0 unspecified atom stereocenters. The lowest BCUT2D eigenvalue weighted by Crippen LogP contribution is -2.02. The molecule has 0 spiro atoms. The number of nitrogens with zero attached hydrogens (tertiary/aromatic N) is 1. The summed E-state index contributed by atoms with van der Waals surface area (Å²) in [6.07, 6.45) is 1.05. The topological polar surface area (TPSA) is 48.1 Å². The highest BCUT2D eigenvalue weighted by atomic mass is 35.5. The van der Waals surface area contributed by atoms with Crippen molar-refractivity contribution in [3.63, 3.8) is 0 Å². The molecular formula is C12H9Cl2FN2O. The van der Waals surface area contributed by atoms with Crippen LogP contribution in [-0.4, -0.2) is 4.98 Å². The summed E-state index contributed by atoms with van der Waals surface area (Å²) in [4.78, 5) is 3.84. The quantitative estimate of drug-likeness (QED) is 0.934. The average molecular weight is 287 g/mol. The number of pyridine rings is 1. The van der Waals surface area contributed by atoms with E-state index in [0.29, 0.717) is 21.4 Å². The van der Waals surface area contributed by atoms with Crippen molar-refractivity contribution in [2.75, 3.05) is 0 Å². The van der Waals surface area contributed by atoms with Gasteiger partial charge in [-0.2, -0.15) is 0 Å². The molecule has 2 aromatic rings. The highest BCUT2D eigenvalue weighted by Crippen LogP contribution is 2.32. The average Bonchev–Trinajstić information content (AvgIpc) is 2.34. The van der Waals surface area contributed by atoms with Gasteiger partial charge in [0.1, 0.15) is 11.6 Å². The Morgan fingerprint density at radius 3 is 2.72 bits per heavy atom. The van der Waals surface area contributed by atoms with Crippen molar-refractivity contribution in [1.82, 2.24) is 4.98 Å². The molecule has 0 aliphatic rings. The Hall–Kier alpha value is -1.36. The molecule has 6 heteroatoms. The largest absolute Gasteiger partial charge is 0.437 e. The molecule has 2 N–H and O–H groups in total. The van der Waals surface area contributed by atoms with Crippen LogP contribution in [0.2, 0.25) is 10.0 Å². The van der Waals surface area contributed by atoms with Crippen LogP contribution < -0.4 is 10.5 Å². The van der Waals surface area contributed by atoms with Crippen LogP contribution in [0.1, 0.15) is 5.56 Å². The fraction of sp³-hybridized carbons (Fsp3) is 0.0833. The highest BCUT2D eigenvalue weighted by molar-refractivity contribution is 6.35. The molecule has 0 aliphatic heterocycles. The first-order chi connectivity index (χ1) is 8.60. The number of ether oxygens (including phenoxy) is 1. The van der Waals surface area contributed by atoms with Gasteiger partial charge in [-0.25, -0.2) is 9.37 Å². The highest BCUT2D eigenvalue weighted by Gasteiger charge is 2.09. The van der Waals surface area contributed by atoms with Crippen LogP contribution in [-0.2, 0) is 6.54 Å². The molecule has 0 atom stereocenters. The fourth-order valence-electron chi connectivity index (χ4n) is 1.37. The van der Waals surface area contributed by atoms with E-state index < -0.39 is 5.82 Å². The van der Waals surface area contributed by atoms with E-state index >= 15 is 0 Å². The molecule has 94 valence electrons. The van der Waals surface area contributed by atoms with Gasteiger partial charge >= 0.3 is 0 Å². The zero-order valence-electron chi connectivity index (χ0n) is 9.16. The SMILES string of the molecule is NCc1cc(F)cnc1Oc1ccc(Cl)cc1Cl. The third-order valence-corrected chi connectivity index (χ3v) is 2.74. The number of benzene rings is 1. The van der Waals surface area contributed by atoms with Gasteiger partial charge in [0.05, 0.1) is 11.2 Å². The standard InChI is InChI=1S/C12H9Cl2FN2O/c13-8-1-2-11(10(14)4-8)18-12-7(5-16)3-9(15)6-17-12/h1-4,6H,5,16H2. The van der Waals surface area contributed by atoms with Gasteiger partial charge in [0.2, 0.25) is 5.88 Å². The molecule has 0 fully saturated rings. The predicted octanol–water partition coefficient (Wildman–Crippen LogP) is 3.78. The van der Waals surface area contributed by atoms with E-state index in [1.54, 1.807) is 18.2 Å². The van der Waals surface area contributed by atoms with Gasteiger partial charge in [-0.3, -0.25) is 0 Å². The van der Waals surface area contributed by atoms with Crippen LogP contribution in [0.15, 0.2) is 30.5 Å². The van der Waals surface area contributed by atoms with E-state index in [9.17, 15) is 4.39 Å². The molecule has 1 heterocycles. The first kappa shape index (κ1) is 13.1. The number of hydrogen-bond donors (Lipinski definition) is 1. The van der Waals surface area contributed by atoms with Crippen molar-refractivity contribution in [3.8, 4) is 11.6 Å². The minimum atomic E-state index is -0.468. The lowest BCUT2D eigenvalue weighted by atomic mass is 10.2. The van der Waals surface area contributed by atoms with Gasteiger partial charge in [-0.1, -0.05) is 23.2 Å². The number of nitrogens with two attached hydrogens (primary N) is 1. The van der Waals surface area contributed by atoms with Gasteiger partial charge < -0.3 is 10.5 Å². The van der Waals surface area contributed by atoms with Crippen molar-refractivity contribution in [3.05, 3.63) is 51.9 Å². The van der Waals surface area contributed by atoms with Crippen LogP contribution in [0.5, 0.6) is 11.6 Å². The lowest BCUT2D eigenvalue weighted by Gasteiger charge is -2.10. The number of aromatic nitrogens is 1. The van der Waals surface area contributed by atoms with Crippen molar-refractivity contribution in [1.29, 1.82) is 0 Å². The lowest BCUT2D eigenvalue weighted by molar-refractivity contribution is 0.452. The van der Waals surface area contributed by atoms with Gasteiger partial charge in [0.25, 0.3) is 0 Å². The Morgan fingerprint density at radius 1 is 1.28 bits per heavy atom. The smallest absolute Gasteiger partial charge is 0.223 e. The summed E-state index contributed by atoms with van der Waals surface area (Å²) in [5, 5.41) is 0.843. The molecule has 0 aliphatic carbocycles. The molecule has 0 bridgehead atoms. The van der Waals surface area contributed by atoms with Crippen molar-refractivity contribution in [2.45, 2.75) is 6.54 Å². The molecular weight excluding hydrogens is 278 g/mol. The fourth-order valence-corrected chi connectivity index (χ4v) is 1.82. The molecule has 1 aromatic carbocycles. The van der Waals surface area contributed by atoms with E-state index in [0.717, 1.165) is 6.20 Å². The zero-order valence-corrected chi connectivity index (χ0v) is 10.7. The molecule has 1 aromatic heterocycles. The normalized spacial score (nSPS) is 10.4. The minimum Gasteiger partial charge on any atom is -0.437 e. The van der Waals surface area contributed by atoms with Crippen LogP contribution in [0, 0.1) is 5.82 Å². The Labute approximate surface area is 113 Å². The predicted molar refractivity (Wildman–Crippen MR) is 68.6 cm³/mol. The van der Waals surface area contributed by atoms with Crippen LogP contribution in [0.3, 0.4) is 0 Å². The maximum absolute atomic E-state index is 13.0. The number of rotatable bonds is 3. The second-order valence-corrected chi connectivity index (χ2v) is 4.34. The second kappa shape index (κ2) is 5.52. The number of halogens is 3. The molecule has 2 rings (SSSR count). The summed E-state index contributed by atoms with van der Waals surface area (Å²) < 4.78 is 18.5. The third kappa shape index (κ3) is 2.90. The van der Waals surface area contributed by atoms with Gasteiger partial charge in [-0.15, -0.1) is 0 Å². The molecule has 3 nitrogen and oxygen atoms in total. The van der Waals surface area contributed by atoms with E-state index in [2.05, 4.69) is 4.98 Å². The first-order valence-corrected chi connectivity index (χ1v) is 5.83. The second-order valence-electron chi connectivity index (χ2n) is 3.50. The Bertz CT molecular complexity index is 578. The molecule has 18 heavy (non-hydrogen) atoms. The summed E-state index contributed by atoms with van der Waals surface area (Å²) in [6.45, 7) is 0.116. The van der Waals surface area contributed by atoms with Gasteiger partial charge in [0.15, 0.2) is 0 Å². The van der Waals surface area contributed by atoms with Crippen LogP contribution in [0.25, 0.3) is 0 Å². The van der Waals surface area contributed by atoms with Crippen molar-refractivity contribution >= 4 is 23.2 Å². The molecule has 0 saturated carbocycles. The summed E-state index contributed by atoms with van der Waals surface area (Å²) in [6, 6.07) is 6.06. The zero-order chi connectivity index (χ0) is 13.1. The van der Waals surface area contributed by atoms with E-state index in [4.69, 9.17) is 33.7 Å². The molecule has 0 radical (unpaired) electrons.